The number of benzene rings is 1. The van der Waals surface area contributed by atoms with E-state index >= 15 is 0 Å². The summed E-state index contributed by atoms with van der Waals surface area (Å²) in [5.74, 6) is -1.15. The Morgan fingerprint density at radius 3 is 2.58 bits per heavy atom. The maximum atomic E-state index is 12.1. The fourth-order valence-electron chi connectivity index (χ4n) is 1.80. The quantitative estimate of drug-likeness (QED) is 0.620. The maximum Gasteiger partial charge on any atom is 0.387 e. The zero-order valence-corrected chi connectivity index (χ0v) is 12.4. The van der Waals surface area contributed by atoms with Gasteiger partial charge >= 0.3 is 12.6 Å². The first kappa shape index (κ1) is 17.3. The van der Waals surface area contributed by atoms with Gasteiger partial charge in [-0.05, 0) is 30.3 Å². The van der Waals surface area contributed by atoms with Crippen LogP contribution in [0.4, 0.5) is 8.78 Å². The molecule has 2 rings (SSSR count). The van der Waals surface area contributed by atoms with Crippen molar-refractivity contribution in [1.29, 1.82) is 0 Å². The van der Waals surface area contributed by atoms with E-state index in [4.69, 9.17) is 4.74 Å². The van der Waals surface area contributed by atoms with Crippen LogP contribution in [0, 0.1) is 0 Å². The van der Waals surface area contributed by atoms with Crippen molar-refractivity contribution in [3.63, 3.8) is 0 Å². The second-order valence-electron chi connectivity index (χ2n) is 4.53. The lowest BCUT2D eigenvalue weighted by Gasteiger charge is -2.08. The number of nitrogens with one attached hydrogen (secondary N) is 1. The van der Waals surface area contributed by atoms with Gasteiger partial charge in [-0.1, -0.05) is 6.07 Å². The first-order valence-electron chi connectivity index (χ1n) is 6.96. The van der Waals surface area contributed by atoms with Crippen molar-refractivity contribution in [3.05, 3.63) is 59.9 Å². The molecule has 0 saturated carbocycles. The molecule has 1 amide bonds. The van der Waals surface area contributed by atoms with Crippen LogP contribution >= 0.6 is 0 Å². The summed E-state index contributed by atoms with van der Waals surface area (Å²) in [6.07, 6.45) is 2.98. The summed E-state index contributed by atoms with van der Waals surface area (Å²) in [5.41, 5.74) is 0.516. The summed E-state index contributed by atoms with van der Waals surface area (Å²) >= 11 is 0. The second kappa shape index (κ2) is 8.56. The number of nitrogens with zero attached hydrogens (tertiary/aromatic N) is 1. The lowest BCUT2D eigenvalue weighted by Crippen LogP contribution is -2.28. The molecule has 126 valence electrons. The molecule has 0 aliphatic carbocycles. The molecule has 0 aliphatic heterocycles. The SMILES string of the molecule is O=C(NCCOC(=O)c1cccc(OC(F)F)c1)c1ccncc1. The molecule has 0 radical (unpaired) electrons. The van der Waals surface area contributed by atoms with E-state index in [-0.39, 0.29) is 30.4 Å². The van der Waals surface area contributed by atoms with Gasteiger partial charge in [0, 0.05) is 18.0 Å². The topological polar surface area (TPSA) is 77.5 Å². The van der Waals surface area contributed by atoms with Crippen molar-refractivity contribution in [2.45, 2.75) is 6.61 Å². The molecule has 0 saturated heterocycles. The van der Waals surface area contributed by atoms with Gasteiger partial charge in [0.05, 0.1) is 12.1 Å². The molecular formula is C16H14F2N2O4. The molecule has 0 spiro atoms. The molecule has 0 aliphatic rings. The average molecular weight is 336 g/mol. The minimum atomic E-state index is -2.97. The highest BCUT2D eigenvalue weighted by Crippen LogP contribution is 2.16. The zero-order chi connectivity index (χ0) is 17.4. The summed E-state index contributed by atoms with van der Waals surface area (Å²) in [7, 11) is 0. The van der Waals surface area contributed by atoms with Crippen molar-refractivity contribution < 1.29 is 27.8 Å². The summed E-state index contributed by atoms with van der Waals surface area (Å²) in [6, 6.07) is 8.38. The van der Waals surface area contributed by atoms with Gasteiger partial charge in [0.1, 0.15) is 12.4 Å². The third kappa shape index (κ3) is 5.31. The number of carbonyl (C=O) groups excluding carboxylic acids is 2. The van der Waals surface area contributed by atoms with Crippen molar-refractivity contribution in [2.75, 3.05) is 13.2 Å². The Morgan fingerprint density at radius 1 is 1.12 bits per heavy atom. The largest absolute Gasteiger partial charge is 0.460 e. The molecule has 0 bridgehead atoms. The predicted octanol–water partition coefficient (Wildman–Crippen LogP) is 2.27. The van der Waals surface area contributed by atoms with Crippen LogP contribution in [0.2, 0.25) is 0 Å². The van der Waals surface area contributed by atoms with Crippen LogP contribution < -0.4 is 10.1 Å². The number of hydrogen-bond acceptors (Lipinski definition) is 5. The number of esters is 1. The predicted molar refractivity (Wildman–Crippen MR) is 79.9 cm³/mol. The number of aromatic nitrogens is 1. The summed E-state index contributed by atoms with van der Waals surface area (Å²) in [5, 5.41) is 2.58. The molecule has 1 heterocycles. The lowest BCUT2D eigenvalue weighted by molar-refractivity contribution is -0.0499. The van der Waals surface area contributed by atoms with E-state index in [9.17, 15) is 18.4 Å². The van der Waals surface area contributed by atoms with Crippen molar-refractivity contribution in [2.24, 2.45) is 0 Å². The Morgan fingerprint density at radius 2 is 1.88 bits per heavy atom. The molecular weight excluding hydrogens is 322 g/mol. The molecule has 8 heteroatoms. The third-order valence-corrected chi connectivity index (χ3v) is 2.86. The van der Waals surface area contributed by atoms with Gasteiger partial charge in [-0.15, -0.1) is 0 Å². The third-order valence-electron chi connectivity index (χ3n) is 2.86. The molecule has 24 heavy (non-hydrogen) atoms. The van der Waals surface area contributed by atoms with Gasteiger partial charge in [-0.25, -0.2) is 4.79 Å². The van der Waals surface area contributed by atoms with Crippen LogP contribution in [0.1, 0.15) is 20.7 Å². The van der Waals surface area contributed by atoms with E-state index in [1.807, 2.05) is 0 Å². The Kier molecular flexibility index (Phi) is 6.18. The highest BCUT2D eigenvalue weighted by Gasteiger charge is 2.11. The minimum Gasteiger partial charge on any atom is -0.460 e. The summed E-state index contributed by atoms with van der Waals surface area (Å²) in [4.78, 5) is 27.4. The van der Waals surface area contributed by atoms with Gasteiger partial charge in [0.2, 0.25) is 0 Å². The van der Waals surface area contributed by atoms with Crippen LogP contribution in [0.3, 0.4) is 0 Å². The number of pyridine rings is 1. The van der Waals surface area contributed by atoms with Crippen LogP contribution in [0.15, 0.2) is 48.8 Å². The normalized spacial score (nSPS) is 10.3. The minimum absolute atomic E-state index is 0.0599. The van der Waals surface area contributed by atoms with E-state index in [0.29, 0.717) is 5.56 Å². The van der Waals surface area contributed by atoms with Gasteiger partial charge in [0.15, 0.2) is 0 Å². The van der Waals surface area contributed by atoms with Gasteiger partial charge in [-0.2, -0.15) is 8.78 Å². The summed E-state index contributed by atoms with van der Waals surface area (Å²) < 4.78 is 33.4. The zero-order valence-electron chi connectivity index (χ0n) is 12.4. The van der Waals surface area contributed by atoms with E-state index < -0.39 is 12.6 Å². The number of rotatable bonds is 7. The Bertz CT molecular complexity index is 695. The van der Waals surface area contributed by atoms with Crippen LogP contribution in [-0.4, -0.2) is 36.6 Å². The summed E-state index contributed by atoms with van der Waals surface area (Å²) in [6.45, 7) is -2.92. The van der Waals surface area contributed by atoms with E-state index in [1.54, 1.807) is 12.1 Å². The number of carbonyl (C=O) groups is 2. The van der Waals surface area contributed by atoms with Gasteiger partial charge < -0.3 is 14.8 Å². The Hall–Kier alpha value is -3.03. The fourth-order valence-corrected chi connectivity index (χ4v) is 1.80. The molecule has 2 aromatic rings. The highest BCUT2D eigenvalue weighted by atomic mass is 19.3. The number of amides is 1. The highest BCUT2D eigenvalue weighted by molar-refractivity contribution is 5.94. The molecule has 0 unspecified atom stereocenters. The van der Waals surface area contributed by atoms with E-state index in [2.05, 4.69) is 15.0 Å². The van der Waals surface area contributed by atoms with Crippen LogP contribution in [0.5, 0.6) is 5.75 Å². The molecule has 0 atom stereocenters. The number of halogens is 2. The van der Waals surface area contributed by atoms with Crippen molar-refractivity contribution in [1.82, 2.24) is 10.3 Å². The maximum absolute atomic E-state index is 12.1. The lowest BCUT2D eigenvalue weighted by atomic mass is 10.2. The molecule has 1 aromatic carbocycles. The molecule has 1 N–H and O–H groups in total. The average Bonchev–Trinajstić information content (AvgIpc) is 2.58. The molecule has 6 nitrogen and oxygen atoms in total. The molecule has 1 aromatic heterocycles. The standard InChI is InChI=1S/C16H14F2N2O4/c17-16(18)24-13-3-1-2-12(10-13)15(22)23-9-8-20-14(21)11-4-6-19-7-5-11/h1-7,10,16H,8-9H2,(H,20,21). The first-order chi connectivity index (χ1) is 11.6. The van der Waals surface area contributed by atoms with Crippen LogP contribution in [0.25, 0.3) is 0 Å². The van der Waals surface area contributed by atoms with Crippen LogP contribution in [-0.2, 0) is 4.74 Å². The fraction of sp³-hybridized carbons (Fsp3) is 0.188. The van der Waals surface area contributed by atoms with E-state index in [1.165, 1.54) is 30.6 Å². The van der Waals surface area contributed by atoms with Gasteiger partial charge in [0.25, 0.3) is 5.91 Å². The monoisotopic (exact) mass is 336 g/mol. The van der Waals surface area contributed by atoms with Gasteiger partial charge in [-0.3, -0.25) is 9.78 Å². The second-order valence-corrected chi connectivity index (χ2v) is 4.53. The number of hydrogen-bond donors (Lipinski definition) is 1. The number of alkyl halides is 2. The van der Waals surface area contributed by atoms with Crippen molar-refractivity contribution >= 4 is 11.9 Å². The van der Waals surface area contributed by atoms with E-state index in [0.717, 1.165) is 6.07 Å². The number of ether oxygens (including phenoxy) is 2. The molecule has 0 fully saturated rings. The Labute approximate surface area is 136 Å². The first-order valence-corrected chi connectivity index (χ1v) is 6.96. The smallest absolute Gasteiger partial charge is 0.387 e. The van der Waals surface area contributed by atoms with Crippen molar-refractivity contribution in [3.8, 4) is 5.75 Å². The Balaban J connectivity index is 1.78.